The van der Waals surface area contributed by atoms with Gasteiger partial charge in [0.25, 0.3) is 0 Å². The molecule has 0 bridgehead atoms. The average molecular weight is 269 g/mol. The molecule has 1 aromatic heterocycles. The van der Waals surface area contributed by atoms with Crippen LogP contribution in [0.2, 0.25) is 0 Å². The number of ether oxygens (including phenoxy) is 1. The Hall–Kier alpha value is -1.63. The van der Waals surface area contributed by atoms with Crippen LogP contribution >= 0.6 is 11.3 Å². The number of carbonyl (C=O) groups is 2. The molecule has 1 saturated heterocycles. The molecular weight excluding hydrogens is 254 g/mol. The number of aromatic nitrogens is 1. The van der Waals surface area contributed by atoms with Gasteiger partial charge in [0.15, 0.2) is 5.69 Å². The summed E-state index contributed by atoms with van der Waals surface area (Å²) in [6.45, 7) is 2.68. The second-order valence-electron chi connectivity index (χ2n) is 3.93. The first-order valence-corrected chi connectivity index (χ1v) is 6.72. The summed E-state index contributed by atoms with van der Waals surface area (Å²) in [5, 5.41) is 6.68. The molecule has 0 spiro atoms. The maximum atomic E-state index is 11.6. The smallest absolute Gasteiger partial charge is 0.360 e. The molecule has 18 heavy (non-hydrogen) atoms. The summed E-state index contributed by atoms with van der Waals surface area (Å²) in [5.74, 6) is -0.339. The molecule has 7 heteroatoms. The van der Waals surface area contributed by atoms with Crippen LogP contribution in [0.5, 0.6) is 0 Å². The summed E-state index contributed by atoms with van der Waals surface area (Å²) in [7, 11) is 0. The number of rotatable bonds is 5. The lowest BCUT2D eigenvalue weighted by molar-refractivity contribution is -0.119. The van der Waals surface area contributed by atoms with E-state index in [1.165, 1.54) is 11.3 Å². The van der Waals surface area contributed by atoms with Gasteiger partial charge >= 0.3 is 5.97 Å². The molecule has 0 aromatic carbocycles. The largest absolute Gasteiger partial charge is 0.461 e. The summed E-state index contributed by atoms with van der Waals surface area (Å²) in [6, 6.07) is 0.120. The van der Waals surface area contributed by atoms with Gasteiger partial charge in [0.05, 0.1) is 12.1 Å². The predicted molar refractivity (Wildman–Crippen MR) is 67.7 cm³/mol. The van der Waals surface area contributed by atoms with Crippen LogP contribution in [0.3, 0.4) is 0 Å². The predicted octanol–water partition coefficient (Wildman–Crippen LogP) is 1.01. The molecule has 0 radical (unpaired) electrons. The SMILES string of the molecule is CCOC(=O)c1ncsc1NCC1CCC(=O)N1. The molecule has 0 aliphatic carbocycles. The first-order valence-electron chi connectivity index (χ1n) is 5.84. The highest BCUT2D eigenvalue weighted by Gasteiger charge is 2.22. The highest BCUT2D eigenvalue weighted by molar-refractivity contribution is 7.14. The van der Waals surface area contributed by atoms with E-state index in [4.69, 9.17) is 4.74 Å². The van der Waals surface area contributed by atoms with Gasteiger partial charge in [-0.15, -0.1) is 11.3 Å². The fourth-order valence-corrected chi connectivity index (χ4v) is 2.44. The van der Waals surface area contributed by atoms with Crippen molar-refractivity contribution < 1.29 is 14.3 Å². The topological polar surface area (TPSA) is 80.3 Å². The van der Waals surface area contributed by atoms with Crippen molar-refractivity contribution in [2.75, 3.05) is 18.5 Å². The van der Waals surface area contributed by atoms with E-state index in [1.54, 1.807) is 12.4 Å². The van der Waals surface area contributed by atoms with Gasteiger partial charge in [-0.2, -0.15) is 0 Å². The second kappa shape index (κ2) is 5.81. The van der Waals surface area contributed by atoms with E-state index in [9.17, 15) is 9.59 Å². The second-order valence-corrected chi connectivity index (χ2v) is 4.79. The van der Waals surface area contributed by atoms with E-state index in [0.717, 1.165) is 6.42 Å². The maximum absolute atomic E-state index is 11.6. The zero-order valence-corrected chi connectivity index (χ0v) is 10.9. The minimum atomic E-state index is -0.420. The first kappa shape index (κ1) is 12.8. The quantitative estimate of drug-likeness (QED) is 0.780. The lowest BCUT2D eigenvalue weighted by Gasteiger charge is -2.11. The Balaban J connectivity index is 1.91. The van der Waals surface area contributed by atoms with Gasteiger partial charge in [0, 0.05) is 19.0 Å². The van der Waals surface area contributed by atoms with Crippen LogP contribution in [0.15, 0.2) is 5.51 Å². The third kappa shape index (κ3) is 2.98. The van der Waals surface area contributed by atoms with Gasteiger partial charge in [-0.1, -0.05) is 0 Å². The highest BCUT2D eigenvalue weighted by Crippen LogP contribution is 2.21. The Kier molecular flexibility index (Phi) is 4.14. The molecule has 1 unspecified atom stereocenters. The highest BCUT2D eigenvalue weighted by atomic mass is 32.1. The Morgan fingerprint density at radius 1 is 1.72 bits per heavy atom. The van der Waals surface area contributed by atoms with E-state index in [2.05, 4.69) is 15.6 Å². The number of hydrogen-bond acceptors (Lipinski definition) is 6. The zero-order chi connectivity index (χ0) is 13.0. The van der Waals surface area contributed by atoms with Crippen molar-refractivity contribution >= 4 is 28.2 Å². The van der Waals surface area contributed by atoms with Crippen LogP contribution < -0.4 is 10.6 Å². The lowest BCUT2D eigenvalue weighted by Crippen LogP contribution is -2.31. The Morgan fingerprint density at radius 3 is 3.22 bits per heavy atom. The molecule has 2 N–H and O–H groups in total. The third-order valence-electron chi connectivity index (χ3n) is 2.63. The average Bonchev–Trinajstić information content (AvgIpc) is 2.95. The summed E-state index contributed by atoms with van der Waals surface area (Å²) >= 11 is 1.35. The van der Waals surface area contributed by atoms with Gasteiger partial charge < -0.3 is 15.4 Å². The van der Waals surface area contributed by atoms with Crippen molar-refractivity contribution in [3.8, 4) is 0 Å². The van der Waals surface area contributed by atoms with Crippen molar-refractivity contribution in [3.05, 3.63) is 11.2 Å². The number of hydrogen-bond donors (Lipinski definition) is 2. The van der Waals surface area contributed by atoms with Gasteiger partial charge in [-0.05, 0) is 13.3 Å². The molecular formula is C11H15N3O3S. The molecule has 1 aliphatic heterocycles. The summed E-state index contributed by atoms with van der Waals surface area (Å²) < 4.78 is 4.91. The van der Waals surface area contributed by atoms with Crippen LogP contribution in [-0.4, -0.2) is 36.1 Å². The molecule has 1 fully saturated rings. The van der Waals surface area contributed by atoms with E-state index in [0.29, 0.717) is 30.3 Å². The minimum Gasteiger partial charge on any atom is -0.461 e. The number of amides is 1. The third-order valence-corrected chi connectivity index (χ3v) is 3.41. The van der Waals surface area contributed by atoms with Crippen LogP contribution in [0.25, 0.3) is 0 Å². The number of carbonyl (C=O) groups excluding carboxylic acids is 2. The monoisotopic (exact) mass is 269 g/mol. The maximum Gasteiger partial charge on any atom is 0.360 e. The number of anilines is 1. The van der Waals surface area contributed by atoms with Crippen LogP contribution in [0.4, 0.5) is 5.00 Å². The van der Waals surface area contributed by atoms with Crippen LogP contribution in [-0.2, 0) is 9.53 Å². The standard InChI is InChI=1S/C11H15N3O3S/c1-2-17-11(16)9-10(18-6-13-9)12-5-7-3-4-8(15)14-7/h6-7,12H,2-5H2,1H3,(H,14,15). The summed E-state index contributed by atoms with van der Waals surface area (Å²) in [5.41, 5.74) is 1.91. The van der Waals surface area contributed by atoms with Crippen LogP contribution in [0.1, 0.15) is 30.3 Å². The number of nitrogens with one attached hydrogen (secondary N) is 2. The van der Waals surface area contributed by atoms with E-state index in [-0.39, 0.29) is 11.9 Å². The molecule has 0 saturated carbocycles. The molecule has 6 nitrogen and oxygen atoms in total. The molecule has 1 aliphatic rings. The van der Waals surface area contributed by atoms with Crippen molar-refractivity contribution in [2.24, 2.45) is 0 Å². The molecule has 1 aromatic rings. The molecule has 2 rings (SSSR count). The Labute approximate surface area is 109 Å². The Bertz CT molecular complexity index is 446. The van der Waals surface area contributed by atoms with Crippen molar-refractivity contribution in [1.29, 1.82) is 0 Å². The number of thiazole rings is 1. The summed E-state index contributed by atoms with van der Waals surface area (Å²) in [4.78, 5) is 26.6. The fraction of sp³-hybridized carbons (Fsp3) is 0.545. The van der Waals surface area contributed by atoms with Crippen molar-refractivity contribution in [1.82, 2.24) is 10.3 Å². The molecule has 1 amide bonds. The van der Waals surface area contributed by atoms with E-state index in [1.807, 2.05) is 0 Å². The minimum absolute atomic E-state index is 0.0803. The zero-order valence-electron chi connectivity index (χ0n) is 10.1. The fourth-order valence-electron chi connectivity index (χ4n) is 1.76. The van der Waals surface area contributed by atoms with Gasteiger partial charge in [-0.25, -0.2) is 9.78 Å². The molecule has 98 valence electrons. The van der Waals surface area contributed by atoms with Crippen LogP contribution in [0, 0.1) is 0 Å². The Morgan fingerprint density at radius 2 is 2.56 bits per heavy atom. The van der Waals surface area contributed by atoms with Gasteiger partial charge in [0.2, 0.25) is 5.91 Å². The normalized spacial score (nSPS) is 18.5. The lowest BCUT2D eigenvalue weighted by atomic mass is 10.2. The summed E-state index contributed by atoms with van der Waals surface area (Å²) in [6.07, 6.45) is 1.39. The van der Waals surface area contributed by atoms with Gasteiger partial charge in [-0.3, -0.25) is 4.79 Å². The number of esters is 1. The van der Waals surface area contributed by atoms with Crippen molar-refractivity contribution in [2.45, 2.75) is 25.8 Å². The van der Waals surface area contributed by atoms with E-state index < -0.39 is 5.97 Å². The molecule has 2 heterocycles. The van der Waals surface area contributed by atoms with Gasteiger partial charge in [0.1, 0.15) is 5.00 Å². The number of nitrogens with zero attached hydrogens (tertiary/aromatic N) is 1. The van der Waals surface area contributed by atoms with Crippen molar-refractivity contribution in [3.63, 3.8) is 0 Å². The molecule has 1 atom stereocenters. The van der Waals surface area contributed by atoms with E-state index >= 15 is 0 Å². The first-order chi connectivity index (χ1) is 8.70.